The van der Waals surface area contributed by atoms with Crippen LogP contribution in [0.2, 0.25) is 0 Å². The van der Waals surface area contributed by atoms with Crippen LogP contribution in [0.4, 0.5) is 0 Å². The molecule has 0 aromatic rings. The van der Waals surface area contributed by atoms with Gasteiger partial charge < -0.3 is 5.32 Å². The number of alkyl halides is 1. The van der Waals surface area contributed by atoms with Gasteiger partial charge in [-0.2, -0.15) is 0 Å². The van der Waals surface area contributed by atoms with Gasteiger partial charge in [-0.25, -0.2) is 0 Å². The van der Waals surface area contributed by atoms with Crippen LogP contribution >= 0.6 is 15.9 Å². The minimum atomic E-state index is 0.637. The van der Waals surface area contributed by atoms with E-state index in [9.17, 15) is 0 Å². The molecule has 2 heteroatoms. The zero-order valence-corrected chi connectivity index (χ0v) is 8.86. The fourth-order valence-electron chi connectivity index (χ4n) is 1.72. The van der Waals surface area contributed by atoms with Crippen LogP contribution in [0.1, 0.15) is 39.0 Å². The van der Waals surface area contributed by atoms with Gasteiger partial charge in [0.25, 0.3) is 0 Å². The third-order valence-corrected chi connectivity index (χ3v) is 3.33. The van der Waals surface area contributed by atoms with Crippen molar-refractivity contribution in [3.63, 3.8) is 0 Å². The molecule has 1 aliphatic rings. The van der Waals surface area contributed by atoms with Crippen molar-refractivity contribution in [3.05, 3.63) is 0 Å². The van der Waals surface area contributed by atoms with Gasteiger partial charge in [-0.1, -0.05) is 35.2 Å². The van der Waals surface area contributed by atoms with E-state index in [0.29, 0.717) is 6.04 Å². The van der Waals surface area contributed by atoms with E-state index in [1.807, 2.05) is 0 Å². The lowest BCUT2D eigenvalue weighted by Crippen LogP contribution is -2.38. The van der Waals surface area contributed by atoms with Crippen molar-refractivity contribution >= 4 is 15.9 Å². The summed E-state index contributed by atoms with van der Waals surface area (Å²) in [5.74, 6) is 0. The third-order valence-electron chi connectivity index (χ3n) is 2.36. The SMILES string of the molecule is CC(CBr)NC1CCCCC1. The van der Waals surface area contributed by atoms with E-state index in [4.69, 9.17) is 0 Å². The van der Waals surface area contributed by atoms with Crippen LogP contribution in [0.15, 0.2) is 0 Å². The molecule has 1 rings (SSSR count). The molecule has 1 aliphatic carbocycles. The van der Waals surface area contributed by atoms with E-state index in [-0.39, 0.29) is 0 Å². The van der Waals surface area contributed by atoms with Gasteiger partial charge in [0.15, 0.2) is 0 Å². The quantitative estimate of drug-likeness (QED) is 0.721. The Morgan fingerprint density at radius 2 is 2.00 bits per heavy atom. The van der Waals surface area contributed by atoms with E-state index in [2.05, 4.69) is 28.2 Å². The zero-order chi connectivity index (χ0) is 8.10. The first-order valence-corrected chi connectivity index (χ1v) is 5.77. The standard InChI is InChI=1S/C9H18BrN/c1-8(7-10)11-9-5-3-2-4-6-9/h8-9,11H,2-7H2,1H3. The minimum Gasteiger partial charge on any atom is -0.311 e. The van der Waals surface area contributed by atoms with Gasteiger partial charge in [0.2, 0.25) is 0 Å². The Morgan fingerprint density at radius 1 is 1.36 bits per heavy atom. The lowest BCUT2D eigenvalue weighted by atomic mass is 9.95. The average Bonchev–Trinajstić information content (AvgIpc) is 2.06. The zero-order valence-electron chi connectivity index (χ0n) is 7.28. The van der Waals surface area contributed by atoms with Crippen molar-refractivity contribution in [2.45, 2.75) is 51.1 Å². The highest BCUT2D eigenvalue weighted by atomic mass is 79.9. The molecular weight excluding hydrogens is 202 g/mol. The first-order chi connectivity index (χ1) is 5.33. The van der Waals surface area contributed by atoms with Crippen LogP contribution in [-0.2, 0) is 0 Å². The van der Waals surface area contributed by atoms with E-state index >= 15 is 0 Å². The topological polar surface area (TPSA) is 12.0 Å². The molecule has 0 radical (unpaired) electrons. The van der Waals surface area contributed by atoms with Gasteiger partial charge in [-0.05, 0) is 19.8 Å². The fourth-order valence-corrected chi connectivity index (χ4v) is 1.90. The van der Waals surface area contributed by atoms with Crippen molar-refractivity contribution in [1.82, 2.24) is 5.32 Å². The molecule has 0 aliphatic heterocycles. The Morgan fingerprint density at radius 3 is 2.55 bits per heavy atom. The summed E-state index contributed by atoms with van der Waals surface area (Å²) in [6, 6.07) is 1.44. The number of hydrogen-bond donors (Lipinski definition) is 1. The minimum absolute atomic E-state index is 0.637. The Labute approximate surface area is 78.1 Å². The second-order valence-corrected chi connectivity index (χ2v) is 4.20. The van der Waals surface area contributed by atoms with Crippen LogP contribution in [-0.4, -0.2) is 17.4 Å². The first kappa shape index (κ1) is 9.53. The van der Waals surface area contributed by atoms with Crippen molar-refractivity contribution in [1.29, 1.82) is 0 Å². The predicted molar refractivity (Wildman–Crippen MR) is 53.3 cm³/mol. The summed E-state index contributed by atoms with van der Waals surface area (Å²) in [6.07, 6.45) is 7.06. The van der Waals surface area contributed by atoms with Gasteiger partial charge in [0.1, 0.15) is 0 Å². The number of rotatable bonds is 3. The largest absolute Gasteiger partial charge is 0.311 e. The Kier molecular flexibility index (Phi) is 4.46. The van der Waals surface area contributed by atoms with Crippen molar-refractivity contribution in [2.75, 3.05) is 5.33 Å². The number of hydrogen-bond acceptors (Lipinski definition) is 1. The molecule has 1 unspecified atom stereocenters. The van der Waals surface area contributed by atoms with Gasteiger partial charge in [0, 0.05) is 17.4 Å². The molecule has 0 aromatic heterocycles. The third kappa shape index (κ3) is 3.57. The van der Waals surface area contributed by atoms with Crippen molar-refractivity contribution in [2.24, 2.45) is 0 Å². The van der Waals surface area contributed by atoms with Crippen molar-refractivity contribution < 1.29 is 0 Å². The second kappa shape index (κ2) is 5.15. The van der Waals surface area contributed by atoms with E-state index in [1.165, 1.54) is 32.1 Å². The Bertz CT molecular complexity index is 99.7. The lowest BCUT2D eigenvalue weighted by molar-refractivity contribution is 0.354. The molecule has 0 heterocycles. The molecule has 1 fully saturated rings. The normalized spacial score (nSPS) is 23.5. The summed E-state index contributed by atoms with van der Waals surface area (Å²) in [6.45, 7) is 2.24. The summed E-state index contributed by atoms with van der Waals surface area (Å²) in [5, 5.41) is 4.69. The summed E-state index contributed by atoms with van der Waals surface area (Å²) >= 11 is 3.48. The molecular formula is C9H18BrN. The molecule has 1 N–H and O–H groups in total. The monoisotopic (exact) mass is 219 g/mol. The number of nitrogens with one attached hydrogen (secondary N) is 1. The summed E-state index contributed by atoms with van der Waals surface area (Å²) in [4.78, 5) is 0. The maximum absolute atomic E-state index is 3.62. The van der Waals surface area contributed by atoms with E-state index < -0.39 is 0 Å². The molecule has 0 aromatic carbocycles. The highest BCUT2D eigenvalue weighted by molar-refractivity contribution is 9.09. The number of halogens is 1. The maximum atomic E-state index is 3.62. The molecule has 1 saturated carbocycles. The molecule has 11 heavy (non-hydrogen) atoms. The van der Waals surface area contributed by atoms with Crippen LogP contribution < -0.4 is 5.32 Å². The summed E-state index contributed by atoms with van der Waals surface area (Å²) < 4.78 is 0. The predicted octanol–water partition coefficient (Wildman–Crippen LogP) is 2.69. The second-order valence-electron chi connectivity index (χ2n) is 3.56. The lowest BCUT2D eigenvalue weighted by Gasteiger charge is -2.25. The molecule has 0 amide bonds. The highest BCUT2D eigenvalue weighted by Gasteiger charge is 2.14. The first-order valence-electron chi connectivity index (χ1n) is 4.65. The van der Waals surface area contributed by atoms with Crippen LogP contribution in [0.25, 0.3) is 0 Å². The fraction of sp³-hybridized carbons (Fsp3) is 1.00. The van der Waals surface area contributed by atoms with Gasteiger partial charge in [-0.15, -0.1) is 0 Å². The molecule has 0 spiro atoms. The van der Waals surface area contributed by atoms with Gasteiger partial charge in [-0.3, -0.25) is 0 Å². The van der Waals surface area contributed by atoms with E-state index in [0.717, 1.165) is 11.4 Å². The smallest absolute Gasteiger partial charge is 0.0183 e. The maximum Gasteiger partial charge on any atom is 0.0183 e. The van der Waals surface area contributed by atoms with Crippen molar-refractivity contribution in [3.8, 4) is 0 Å². The molecule has 66 valence electrons. The van der Waals surface area contributed by atoms with Gasteiger partial charge >= 0.3 is 0 Å². The summed E-state index contributed by atoms with van der Waals surface area (Å²) in [7, 11) is 0. The van der Waals surface area contributed by atoms with Crippen LogP contribution in [0.5, 0.6) is 0 Å². The molecule has 0 bridgehead atoms. The highest BCUT2D eigenvalue weighted by Crippen LogP contribution is 2.17. The Balaban J connectivity index is 2.13. The molecule has 1 nitrogen and oxygen atoms in total. The van der Waals surface area contributed by atoms with Gasteiger partial charge in [0.05, 0.1) is 0 Å². The van der Waals surface area contributed by atoms with Crippen LogP contribution in [0.3, 0.4) is 0 Å². The molecule has 1 atom stereocenters. The molecule has 0 saturated heterocycles. The van der Waals surface area contributed by atoms with E-state index in [1.54, 1.807) is 0 Å². The summed E-state index contributed by atoms with van der Waals surface area (Å²) in [5.41, 5.74) is 0. The van der Waals surface area contributed by atoms with Crippen LogP contribution in [0, 0.1) is 0 Å². The average molecular weight is 220 g/mol. The Hall–Kier alpha value is 0.440.